The van der Waals surface area contributed by atoms with Gasteiger partial charge in [-0.3, -0.25) is 9.59 Å². The zero-order valence-corrected chi connectivity index (χ0v) is 38.5. The molecule has 0 saturated carbocycles. The van der Waals surface area contributed by atoms with Crippen molar-refractivity contribution in [3.8, 4) is 11.8 Å². The van der Waals surface area contributed by atoms with Crippen LogP contribution in [0.3, 0.4) is 0 Å². The summed E-state index contributed by atoms with van der Waals surface area (Å²) in [7, 11) is -0.881. The molecule has 60 heavy (non-hydrogen) atoms. The monoisotopic (exact) mass is 878 g/mol. The van der Waals surface area contributed by atoms with Gasteiger partial charge in [-0.05, 0) is 58.7 Å². The molecule has 1 fully saturated rings. The summed E-state index contributed by atoms with van der Waals surface area (Å²) in [5.74, 6) is -2.46. The maximum atomic E-state index is 15.6. The lowest BCUT2D eigenvalue weighted by atomic mass is 9.73. The second-order valence-corrected chi connectivity index (χ2v) is 26.3. The normalized spacial score (nSPS) is 16.6. The highest BCUT2D eigenvalue weighted by molar-refractivity contribution is 8.01. The van der Waals surface area contributed by atoms with Gasteiger partial charge in [0.05, 0.1) is 42.9 Å². The third-order valence-corrected chi connectivity index (χ3v) is 22.2. The summed E-state index contributed by atoms with van der Waals surface area (Å²) in [5.41, 5.74) is 2.46. The second-order valence-electron chi connectivity index (χ2n) is 16.2. The van der Waals surface area contributed by atoms with Crippen molar-refractivity contribution in [2.24, 2.45) is 11.8 Å². The second kappa shape index (κ2) is 19.3. The number of methoxy groups -OCH3 is 1. The van der Waals surface area contributed by atoms with Gasteiger partial charge in [-0.25, -0.2) is 4.79 Å². The number of carbonyl (C=O) groups is 3. The number of carbonyl (C=O) groups excluding carboxylic acids is 3. The van der Waals surface area contributed by atoms with Gasteiger partial charge in [0, 0.05) is 13.3 Å². The lowest BCUT2D eigenvalue weighted by molar-refractivity contribution is -0.161. The van der Waals surface area contributed by atoms with Crippen LogP contribution >= 0.6 is 30.0 Å². The highest BCUT2D eigenvalue weighted by Gasteiger charge is 2.60. The fourth-order valence-corrected chi connectivity index (χ4v) is 14.7. The van der Waals surface area contributed by atoms with Crippen LogP contribution in [0.25, 0.3) is 0 Å². The molecule has 0 aliphatic carbocycles. The Bertz CT molecular complexity index is 2250. The summed E-state index contributed by atoms with van der Waals surface area (Å²) >= 11 is 2.56. The van der Waals surface area contributed by atoms with E-state index in [1.165, 1.54) is 28.0 Å². The molecule has 1 amide bonds. The molecular formula is C46H51N4O6PS2Si. The number of hydrogen-bond donors (Lipinski definition) is 0. The predicted molar refractivity (Wildman–Crippen MR) is 244 cm³/mol. The average molecular weight is 879 g/mol. The van der Waals surface area contributed by atoms with Gasteiger partial charge in [-0.2, -0.15) is 5.26 Å². The van der Waals surface area contributed by atoms with Crippen molar-refractivity contribution in [2.45, 2.75) is 75.3 Å². The molecule has 312 valence electrons. The van der Waals surface area contributed by atoms with E-state index in [1.807, 2.05) is 110 Å². The van der Waals surface area contributed by atoms with Crippen LogP contribution in [0.4, 0.5) is 0 Å². The number of aromatic nitrogens is 2. The van der Waals surface area contributed by atoms with Crippen molar-refractivity contribution < 1.29 is 28.3 Å². The van der Waals surface area contributed by atoms with Crippen LogP contribution < -0.4 is 20.7 Å². The van der Waals surface area contributed by atoms with Crippen molar-refractivity contribution in [3.05, 3.63) is 126 Å². The number of ether oxygens (including phenoxy) is 2. The number of nitriles is 1. The van der Waals surface area contributed by atoms with Crippen LogP contribution in [0.2, 0.25) is 18.1 Å². The van der Waals surface area contributed by atoms with E-state index in [0.29, 0.717) is 10.1 Å². The van der Waals surface area contributed by atoms with E-state index < -0.39 is 45.2 Å². The minimum Gasteiger partial charge on any atom is -0.497 e. The van der Waals surface area contributed by atoms with Gasteiger partial charge in [0.1, 0.15) is 29.1 Å². The van der Waals surface area contributed by atoms with Gasteiger partial charge < -0.3 is 18.8 Å². The van der Waals surface area contributed by atoms with E-state index in [9.17, 15) is 10.1 Å². The third-order valence-electron chi connectivity index (χ3n) is 11.5. The summed E-state index contributed by atoms with van der Waals surface area (Å²) < 4.78 is 19.2. The van der Waals surface area contributed by atoms with E-state index in [2.05, 4.69) is 50.1 Å². The predicted octanol–water partition coefficient (Wildman–Crippen LogP) is 7.84. The highest BCUT2D eigenvalue weighted by atomic mass is 32.2. The van der Waals surface area contributed by atoms with Gasteiger partial charge in [-0.1, -0.05) is 147 Å². The number of likely N-dealkylation sites (tertiary alicyclic amines) is 1. The van der Waals surface area contributed by atoms with Gasteiger partial charge >= 0.3 is 5.97 Å². The lowest BCUT2D eigenvalue weighted by Gasteiger charge is -2.54. The largest absolute Gasteiger partial charge is 0.497 e. The molecule has 5 aromatic rings. The Hall–Kier alpha value is -4.83. The van der Waals surface area contributed by atoms with E-state index in [-0.39, 0.29) is 40.9 Å². The first-order chi connectivity index (χ1) is 28.7. The molecule has 6 rings (SSSR count). The number of rotatable bonds is 17. The van der Waals surface area contributed by atoms with Crippen LogP contribution in [-0.2, 0) is 30.2 Å². The average Bonchev–Trinajstić information content (AvgIpc) is 3.78. The van der Waals surface area contributed by atoms with Gasteiger partial charge in [0.15, 0.2) is 12.7 Å². The molecule has 0 N–H and O–H groups in total. The SMILES string of the molecule is COc1ccc(COC(=O)C(N2C(=O)[C@H]([C@@H](C)O[Si](C)(C)C(C)(C)C)[C@H]2[C@@H](CC#N)C(=O)CSc2nncs2)=P(c2ccccc2)(c2ccccc2)c2ccccc2)cc1. The Labute approximate surface area is 362 Å². The zero-order valence-electron chi connectivity index (χ0n) is 35.0. The third kappa shape index (κ3) is 9.24. The fourth-order valence-electron chi connectivity index (χ4n) is 7.49. The highest BCUT2D eigenvalue weighted by Crippen LogP contribution is 2.51. The Morgan fingerprint density at radius 1 is 0.917 bits per heavy atom. The molecule has 14 heteroatoms. The summed E-state index contributed by atoms with van der Waals surface area (Å²) in [4.78, 5) is 47.2. The van der Waals surface area contributed by atoms with Crippen LogP contribution in [0.15, 0.2) is 125 Å². The number of ketones is 1. The van der Waals surface area contributed by atoms with Crippen LogP contribution in [0.5, 0.6) is 5.75 Å². The number of Topliss-reactive ketones (excluding diaryl/α,β-unsaturated/α-hetero) is 1. The minimum atomic E-state index is -3.34. The van der Waals surface area contributed by atoms with Crippen LogP contribution in [0, 0.1) is 23.2 Å². The molecule has 1 saturated heterocycles. The molecule has 10 nitrogen and oxygen atoms in total. The van der Waals surface area contributed by atoms with Crippen molar-refractivity contribution in [1.82, 2.24) is 15.1 Å². The number of hydrogen-bond acceptors (Lipinski definition) is 11. The molecule has 2 heterocycles. The Morgan fingerprint density at radius 3 is 1.93 bits per heavy atom. The lowest BCUT2D eigenvalue weighted by Crippen LogP contribution is -2.72. The molecule has 1 aliphatic heterocycles. The van der Waals surface area contributed by atoms with Crippen LogP contribution in [0.1, 0.15) is 39.7 Å². The number of β-lactam (4-membered cyclic amide) rings is 1. The van der Waals surface area contributed by atoms with Crippen molar-refractivity contribution in [2.75, 3.05) is 12.9 Å². The maximum Gasteiger partial charge on any atom is 0.356 e. The molecular weight excluding hydrogens is 828 g/mol. The number of nitrogens with zero attached hydrogens (tertiary/aromatic N) is 4. The quantitative estimate of drug-likeness (QED) is 0.0299. The first-order valence-electron chi connectivity index (χ1n) is 19.8. The Balaban J connectivity index is 1.64. The molecule has 0 spiro atoms. The van der Waals surface area contributed by atoms with E-state index in [4.69, 9.17) is 13.9 Å². The number of thioether (sulfide) groups is 1. The smallest absolute Gasteiger partial charge is 0.356 e. The number of esters is 1. The van der Waals surface area contributed by atoms with Gasteiger partial charge in [-0.15, -0.1) is 10.2 Å². The summed E-state index contributed by atoms with van der Waals surface area (Å²) in [6, 6.07) is 37.8. The number of benzene rings is 4. The molecule has 1 aliphatic rings. The zero-order chi connectivity index (χ0) is 43.1. The maximum absolute atomic E-state index is 15.6. The first-order valence-corrected chi connectivity index (χ1v) is 26.3. The molecule has 0 unspecified atom stereocenters. The molecule has 4 aromatic carbocycles. The van der Waals surface area contributed by atoms with Crippen LogP contribution in [-0.4, -0.2) is 71.5 Å². The molecule has 4 atom stereocenters. The van der Waals surface area contributed by atoms with Crippen molar-refractivity contribution in [3.63, 3.8) is 0 Å². The number of amides is 1. The topological polar surface area (TPSA) is 132 Å². The Kier molecular flexibility index (Phi) is 14.4. The Morgan fingerprint density at radius 2 is 1.47 bits per heavy atom. The standard InChI is InChI=1S/C46H51N4O6PS2Si/c1-32(56-60(6,7)46(2,3)4)40-41(38(27-28-47)39(51)30-58-45-49-48-31-59-45)50(42(40)52)43(44(53)55-29-33-23-25-34(54-5)26-24-33)57(35-17-11-8-12-18-35,36-19-13-9-14-20-36)37-21-15-10-16-22-37/h8-26,31-32,38,40-41H,27,29-30H2,1-7H3/t32-,38+,40-,41-/m1/s1. The van der Waals surface area contributed by atoms with E-state index in [1.54, 1.807) is 24.8 Å². The summed E-state index contributed by atoms with van der Waals surface area (Å²) in [5, 5.41) is 20.7. The fraction of sp³-hybridized carbons (Fsp3) is 0.326. The minimum absolute atomic E-state index is 0.00213. The van der Waals surface area contributed by atoms with Crippen molar-refractivity contribution in [1.29, 1.82) is 5.26 Å². The summed E-state index contributed by atoms with van der Waals surface area (Å²) in [6.07, 6.45) is -0.825. The van der Waals surface area contributed by atoms with Gasteiger partial charge in [0.25, 0.3) is 0 Å². The van der Waals surface area contributed by atoms with E-state index in [0.717, 1.165) is 21.5 Å². The van der Waals surface area contributed by atoms with E-state index >= 15 is 9.59 Å². The molecule has 0 radical (unpaired) electrons. The molecule has 1 aromatic heterocycles. The first kappa shape index (κ1) is 44.7. The molecule has 0 bridgehead atoms. The summed E-state index contributed by atoms with van der Waals surface area (Å²) in [6.45, 7) is 9.10. The van der Waals surface area contributed by atoms with Gasteiger partial charge in [0.2, 0.25) is 5.91 Å². The van der Waals surface area contributed by atoms with Crippen molar-refractivity contribution >= 4 is 77.3 Å².